The molecular formula is H6AlBGaN. The molecule has 0 spiro atoms. The van der Waals surface area contributed by atoms with Gasteiger partial charge in [0.2, 0.25) is 0 Å². The molecule has 20 valence electrons. The molecule has 0 saturated carbocycles. The summed E-state index contributed by atoms with van der Waals surface area (Å²) in [5.41, 5.74) is 0. The fraction of sp³-hybridized carbons (Fsp3) is 0. The van der Waals surface area contributed by atoms with Crippen LogP contribution in [-0.2, 0) is 0 Å². The van der Waals surface area contributed by atoms with Crippen LogP contribution >= 0.6 is 0 Å². The Morgan fingerprint density at radius 2 is 1.00 bits per heavy atom. The first-order chi connectivity index (χ1) is 0. The SMILES string of the molecule is N.[Al].[B].[GaH3]. The second-order valence-electron chi connectivity index (χ2n) is 0. The van der Waals surface area contributed by atoms with E-state index in [9.17, 15) is 0 Å². The van der Waals surface area contributed by atoms with Gasteiger partial charge >= 0.3 is 19.8 Å². The fourth-order valence-electron chi connectivity index (χ4n) is 0. The number of hydrogen-bond acceptors (Lipinski definition) is 1. The molecule has 0 fully saturated rings. The molecule has 0 saturated heterocycles. The molecule has 0 aromatic heterocycles. The summed E-state index contributed by atoms with van der Waals surface area (Å²) in [6, 6.07) is 0. The van der Waals surface area contributed by atoms with E-state index >= 15 is 0 Å². The van der Waals surface area contributed by atoms with Crippen molar-refractivity contribution in [2.75, 3.05) is 0 Å². The van der Waals surface area contributed by atoms with Crippen LogP contribution in [0.15, 0.2) is 0 Å². The minimum absolute atomic E-state index is 0. The Morgan fingerprint density at radius 3 is 1.00 bits per heavy atom. The molecular weight excluding hydrogens is 122 g/mol. The van der Waals surface area contributed by atoms with Gasteiger partial charge in [-0.05, 0) is 0 Å². The molecule has 0 unspecified atom stereocenters. The van der Waals surface area contributed by atoms with E-state index in [0.717, 1.165) is 0 Å². The number of rotatable bonds is 0. The van der Waals surface area contributed by atoms with Crippen LogP contribution in [-0.4, -0.2) is 45.6 Å². The monoisotopic (exact) mass is 127 g/mol. The molecule has 0 amide bonds. The third kappa shape index (κ3) is 10.8. The summed E-state index contributed by atoms with van der Waals surface area (Å²) in [5, 5.41) is 0. The van der Waals surface area contributed by atoms with Gasteiger partial charge in [0.05, 0.1) is 0 Å². The van der Waals surface area contributed by atoms with Crippen LogP contribution in [0.3, 0.4) is 0 Å². The van der Waals surface area contributed by atoms with Crippen LogP contribution in [0.2, 0.25) is 0 Å². The van der Waals surface area contributed by atoms with E-state index in [1.165, 1.54) is 0 Å². The third-order valence-corrected chi connectivity index (χ3v) is 0. The van der Waals surface area contributed by atoms with Gasteiger partial charge in [-0.25, -0.2) is 0 Å². The van der Waals surface area contributed by atoms with E-state index in [-0.39, 0.29) is 51.7 Å². The van der Waals surface area contributed by atoms with Gasteiger partial charge in [0.25, 0.3) is 0 Å². The second-order valence-corrected chi connectivity index (χ2v) is 0. The quantitative estimate of drug-likeness (QED) is 0.384. The van der Waals surface area contributed by atoms with Crippen LogP contribution in [0.25, 0.3) is 0 Å². The summed E-state index contributed by atoms with van der Waals surface area (Å²) >= 11 is 0. The Hall–Kier alpha value is 1.19. The van der Waals surface area contributed by atoms with Crippen molar-refractivity contribution in [3.63, 3.8) is 0 Å². The van der Waals surface area contributed by atoms with Crippen molar-refractivity contribution in [3.8, 4) is 0 Å². The molecule has 0 aromatic rings. The maximum atomic E-state index is 0. The first kappa shape index (κ1) is 64.1. The summed E-state index contributed by atoms with van der Waals surface area (Å²) < 4.78 is 0. The van der Waals surface area contributed by atoms with Crippen LogP contribution < -0.4 is 6.15 Å². The molecule has 0 heterocycles. The molecule has 0 aliphatic heterocycles. The van der Waals surface area contributed by atoms with Gasteiger partial charge in [-0.15, -0.1) is 0 Å². The standard InChI is InChI=1S/Al.B.Ga.H3N.3H/h;;;1H3;;;. The summed E-state index contributed by atoms with van der Waals surface area (Å²) in [4.78, 5) is 0. The van der Waals surface area contributed by atoms with Crippen molar-refractivity contribution < 1.29 is 0 Å². The van der Waals surface area contributed by atoms with Crippen molar-refractivity contribution in [3.05, 3.63) is 0 Å². The summed E-state index contributed by atoms with van der Waals surface area (Å²) in [7, 11) is 0. The average Bonchev–Trinajstić information content (AvgIpc) is 0. The molecule has 0 aliphatic carbocycles. The zero-order chi connectivity index (χ0) is 0. The van der Waals surface area contributed by atoms with E-state index in [0.29, 0.717) is 0 Å². The van der Waals surface area contributed by atoms with Crippen molar-refractivity contribution in [1.29, 1.82) is 0 Å². The predicted molar refractivity (Wildman–Crippen MR) is 26.5 cm³/mol. The van der Waals surface area contributed by atoms with Gasteiger partial charge in [-0.2, -0.15) is 0 Å². The average molecular weight is 128 g/mol. The summed E-state index contributed by atoms with van der Waals surface area (Å²) in [6.07, 6.45) is 0. The minimum atomic E-state index is 0. The molecule has 0 rings (SSSR count). The van der Waals surface area contributed by atoms with E-state index in [4.69, 9.17) is 0 Å². The summed E-state index contributed by atoms with van der Waals surface area (Å²) in [6.45, 7) is 0. The van der Waals surface area contributed by atoms with E-state index in [1.807, 2.05) is 0 Å². The molecule has 4 heavy (non-hydrogen) atoms. The molecule has 0 aromatic carbocycles. The Bertz CT molecular complexity index is 8.00. The topological polar surface area (TPSA) is 35.0 Å². The molecule has 0 bridgehead atoms. The van der Waals surface area contributed by atoms with Gasteiger partial charge in [-0.3, -0.25) is 0 Å². The molecule has 0 aliphatic rings. The van der Waals surface area contributed by atoms with E-state index in [2.05, 4.69) is 0 Å². The molecule has 0 atom stereocenters. The fourth-order valence-corrected chi connectivity index (χ4v) is 0. The van der Waals surface area contributed by atoms with E-state index < -0.39 is 0 Å². The first-order valence-corrected chi connectivity index (χ1v) is 0. The van der Waals surface area contributed by atoms with Crippen LogP contribution in [0.4, 0.5) is 0 Å². The number of hydrogen-bond donors (Lipinski definition) is 1. The Balaban J connectivity index is 0. The van der Waals surface area contributed by atoms with Crippen LogP contribution in [0.1, 0.15) is 0 Å². The van der Waals surface area contributed by atoms with Gasteiger partial charge in [0.15, 0.2) is 0 Å². The van der Waals surface area contributed by atoms with Gasteiger partial charge < -0.3 is 6.15 Å². The van der Waals surface area contributed by atoms with Crippen LogP contribution in [0.5, 0.6) is 0 Å². The van der Waals surface area contributed by atoms with E-state index in [1.54, 1.807) is 0 Å². The molecule has 4 heteroatoms. The van der Waals surface area contributed by atoms with Crippen molar-refractivity contribution >= 4 is 45.6 Å². The first-order valence-electron chi connectivity index (χ1n) is 0. The van der Waals surface area contributed by atoms with Crippen molar-refractivity contribution in [1.82, 2.24) is 6.15 Å². The van der Waals surface area contributed by atoms with Gasteiger partial charge in [0.1, 0.15) is 0 Å². The second kappa shape index (κ2) is 30.0. The molecule has 6 radical (unpaired) electrons. The summed E-state index contributed by atoms with van der Waals surface area (Å²) in [5.74, 6) is 0. The zero-order valence-corrected chi connectivity index (χ0v) is 3.02. The molecule has 1 nitrogen and oxygen atoms in total. The Morgan fingerprint density at radius 1 is 1.00 bits per heavy atom. The van der Waals surface area contributed by atoms with Gasteiger partial charge in [0, 0.05) is 25.8 Å². The zero-order valence-electron chi connectivity index (χ0n) is 1.86. The van der Waals surface area contributed by atoms with Crippen LogP contribution in [0, 0.1) is 0 Å². The van der Waals surface area contributed by atoms with Gasteiger partial charge in [-0.1, -0.05) is 0 Å². The van der Waals surface area contributed by atoms with Crippen molar-refractivity contribution in [2.45, 2.75) is 0 Å². The van der Waals surface area contributed by atoms with Crippen molar-refractivity contribution in [2.24, 2.45) is 0 Å². The third-order valence-electron chi connectivity index (χ3n) is 0. The molecule has 3 N–H and O–H groups in total. The normalized spacial score (nSPS) is 0. The Labute approximate surface area is 51.9 Å². The predicted octanol–water partition coefficient (Wildman–Crippen LogP) is -1.78. The Kier molecular flexibility index (Phi) is 481. The maximum absolute atomic E-state index is 0.